The second-order valence-electron chi connectivity index (χ2n) is 8.93. The summed E-state index contributed by atoms with van der Waals surface area (Å²) in [5, 5.41) is 13.9. The Bertz CT molecular complexity index is 1220. The number of carboxylic acid groups (broad SMARTS) is 1. The number of anilines is 1. The fourth-order valence-electron chi connectivity index (χ4n) is 4.02. The molecule has 1 saturated carbocycles. The van der Waals surface area contributed by atoms with Gasteiger partial charge in [0.15, 0.2) is 10.7 Å². The highest BCUT2D eigenvalue weighted by Crippen LogP contribution is 2.48. The molecule has 0 unspecified atom stereocenters. The van der Waals surface area contributed by atoms with Crippen molar-refractivity contribution in [2.45, 2.75) is 43.2 Å². The van der Waals surface area contributed by atoms with E-state index in [2.05, 4.69) is 20.1 Å². The minimum atomic E-state index is -5.08. The fourth-order valence-corrected chi connectivity index (χ4v) is 5.41. The number of hydrogen-bond acceptors (Lipinski definition) is 8. The van der Waals surface area contributed by atoms with Crippen molar-refractivity contribution in [2.75, 3.05) is 44.1 Å². The van der Waals surface area contributed by atoms with Crippen LogP contribution in [-0.4, -0.2) is 81.0 Å². The quantitative estimate of drug-likeness (QED) is 0.440. The van der Waals surface area contributed by atoms with E-state index < -0.39 is 27.6 Å². The number of aryl methyl sites for hydroxylation is 2. The number of carbonyl (C=O) groups excluding carboxylic acids is 1. The monoisotopic (exact) mass is 562 g/mol. The molecule has 210 valence electrons. The van der Waals surface area contributed by atoms with Gasteiger partial charge in [0, 0.05) is 31.9 Å². The molecule has 11 nitrogen and oxygen atoms in total. The van der Waals surface area contributed by atoms with E-state index in [1.807, 2.05) is 12.1 Å². The summed E-state index contributed by atoms with van der Waals surface area (Å²) in [4.78, 5) is 24.1. The third kappa shape index (κ3) is 7.23. The Morgan fingerprint density at radius 3 is 2.18 bits per heavy atom. The lowest BCUT2D eigenvalue weighted by molar-refractivity contribution is -0.192. The summed E-state index contributed by atoms with van der Waals surface area (Å²) >= 11 is 0. The summed E-state index contributed by atoms with van der Waals surface area (Å²) in [6.45, 7) is 7.84. The van der Waals surface area contributed by atoms with Crippen LogP contribution in [0.3, 0.4) is 0 Å². The molecule has 2 aliphatic rings. The van der Waals surface area contributed by atoms with Crippen molar-refractivity contribution < 1.29 is 45.5 Å². The van der Waals surface area contributed by atoms with Crippen molar-refractivity contribution in [1.29, 1.82) is 0 Å². The molecular weight excluding hydrogens is 533 g/mol. The van der Waals surface area contributed by atoms with Gasteiger partial charge in [0.05, 0.1) is 18.6 Å². The van der Waals surface area contributed by atoms with Gasteiger partial charge in [-0.3, -0.25) is 14.4 Å². The number of hydrogen-bond donors (Lipinski definition) is 3. The Hall–Kier alpha value is -3.17. The lowest BCUT2D eigenvalue weighted by atomic mass is 9.95. The number of amides is 1. The largest absolute Gasteiger partial charge is 0.490 e. The highest BCUT2D eigenvalue weighted by atomic mass is 32.2. The van der Waals surface area contributed by atoms with Gasteiger partial charge in [-0.25, -0.2) is 13.2 Å². The number of nitrogens with zero attached hydrogens (tertiary/aromatic N) is 2. The van der Waals surface area contributed by atoms with E-state index in [0.717, 1.165) is 51.3 Å². The number of ether oxygens (including phenoxy) is 1. The topological polar surface area (TPSA) is 151 Å². The molecule has 15 heteroatoms. The summed E-state index contributed by atoms with van der Waals surface area (Å²) in [6.07, 6.45) is -3.50. The van der Waals surface area contributed by atoms with E-state index in [9.17, 15) is 26.4 Å². The number of sulfonamides is 1. The Morgan fingerprint density at radius 1 is 1.13 bits per heavy atom. The molecule has 0 atom stereocenters. The van der Waals surface area contributed by atoms with Gasteiger partial charge in [-0.05, 0) is 44.4 Å². The summed E-state index contributed by atoms with van der Waals surface area (Å²) in [6, 6.07) is 7.01. The maximum absolute atomic E-state index is 12.8. The molecule has 0 bridgehead atoms. The molecule has 1 aliphatic heterocycles. The lowest BCUT2D eigenvalue weighted by Gasteiger charge is -2.27. The summed E-state index contributed by atoms with van der Waals surface area (Å²) in [7, 11) is -3.80. The van der Waals surface area contributed by atoms with Gasteiger partial charge in [0.1, 0.15) is 5.69 Å². The van der Waals surface area contributed by atoms with Crippen molar-refractivity contribution in [3.05, 3.63) is 41.3 Å². The van der Waals surface area contributed by atoms with Crippen LogP contribution in [0.2, 0.25) is 0 Å². The van der Waals surface area contributed by atoms with Crippen LogP contribution in [0, 0.1) is 13.8 Å². The van der Waals surface area contributed by atoms with Crippen LogP contribution in [0.25, 0.3) is 0 Å². The Kier molecular flexibility index (Phi) is 9.05. The van der Waals surface area contributed by atoms with Crippen molar-refractivity contribution in [2.24, 2.45) is 0 Å². The first kappa shape index (κ1) is 29.4. The summed E-state index contributed by atoms with van der Waals surface area (Å²) < 4.78 is 69.9. The molecule has 1 saturated heterocycles. The molecular formula is C23H29F3N4O7S. The number of halogens is 3. The lowest BCUT2D eigenvalue weighted by Crippen LogP contribution is -2.43. The zero-order valence-electron chi connectivity index (χ0n) is 20.8. The third-order valence-corrected chi connectivity index (χ3v) is 7.80. The zero-order valence-corrected chi connectivity index (χ0v) is 21.6. The molecule has 2 heterocycles. The number of alkyl halides is 3. The first-order valence-electron chi connectivity index (χ1n) is 11.7. The number of carboxylic acids is 1. The zero-order chi connectivity index (χ0) is 28.1. The van der Waals surface area contributed by atoms with Crippen LogP contribution in [0.15, 0.2) is 33.7 Å². The van der Waals surface area contributed by atoms with Crippen molar-refractivity contribution in [3.8, 4) is 0 Å². The number of aromatic nitrogens is 1. The smallest absolute Gasteiger partial charge is 0.475 e. The van der Waals surface area contributed by atoms with Gasteiger partial charge in [0.25, 0.3) is 10.0 Å². The van der Waals surface area contributed by atoms with Crippen LogP contribution < -0.4 is 10.0 Å². The average Bonchev–Trinajstić information content (AvgIpc) is 3.58. The predicted molar refractivity (Wildman–Crippen MR) is 128 cm³/mol. The minimum Gasteiger partial charge on any atom is -0.475 e. The van der Waals surface area contributed by atoms with Crippen LogP contribution in [0.5, 0.6) is 0 Å². The van der Waals surface area contributed by atoms with E-state index in [0.29, 0.717) is 17.9 Å². The van der Waals surface area contributed by atoms with Crippen LogP contribution in [0.1, 0.15) is 29.9 Å². The Balaban J connectivity index is 0.000000505. The fraction of sp³-hybridized carbons (Fsp3) is 0.522. The number of benzene rings is 1. The summed E-state index contributed by atoms with van der Waals surface area (Å²) in [5.41, 5.74) is 1.13. The molecule has 3 N–H and O–H groups in total. The molecule has 1 aliphatic carbocycles. The molecule has 0 radical (unpaired) electrons. The van der Waals surface area contributed by atoms with E-state index >= 15 is 0 Å². The van der Waals surface area contributed by atoms with E-state index in [1.165, 1.54) is 0 Å². The molecule has 1 aromatic carbocycles. The molecule has 4 rings (SSSR count). The number of aliphatic carboxylic acids is 1. The number of carbonyl (C=O) groups is 2. The molecule has 38 heavy (non-hydrogen) atoms. The number of morpholine rings is 1. The van der Waals surface area contributed by atoms with Crippen molar-refractivity contribution in [1.82, 2.24) is 15.4 Å². The molecule has 2 fully saturated rings. The standard InChI is InChI=1S/C21H28N4O5S.C2HF3O2/c1-15-19(16(2)30-23-15)31(27,28)24-18-5-3-17(4-6-18)21(7-8-21)20(26)22-9-10-25-11-13-29-14-12-25;3-2(4,5)1(6)7/h3-6,24H,7-14H2,1-2H3,(H,22,26);(H,6,7). The highest BCUT2D eigenvalue weighted by Gasteiger charge is 2.51. The van der Waals surface area contributed by atoms with Crippen LogP contribution in [-0.2, 0) is 29.8 Å². The first-order chi connectivity index (χ1) is 17.8. The molecule has 0 spiro atoms. The molecule has 2 aromatic rings. The molecule has 1 aromatic heterocycles. The number of nitrogens with one attached hydrogen (secondary N) is 2. The second kappa shape index (κ2) is 11.7. The summed E-state index contributed by atoms with van der Waals surface area (Å²) in [5.74, 6) is -2.48. The van der Waals surface area contributed by atoms with Gasteiger partial charge in [-0.2, -0.15) is 13.2 Å². The highest BCUT2D eigenvalue weighted by molar-refractivity contribution is 7.92. The van der Waals surface area contributed by atoms with E-state index in [-0.39, 0.29) is 16.6 Å². The second-order valence-corrected chi connectivity index (χ2v) is 10.6. The minimum absolute atomic E-state index is 0.0322. The van der Waals surface area contributed by atoms with Crippen molar-refractivity contribution in [3.63, 3.8) is 0 Å². The normalized spacial score (nSPS) is 17.2. The van der Waals surface area contributed by atoms with Crippen LogP contribution in [0.4, 0.5) is 18.9 Å². The van der Waals surface area contributed by atoms with Gasteiger partial charge >= 0.3 is 12.1 Å². The number of rotatable bonds is 8. The van der Waals surface area contributed by atoms with E-state index in [1.54, 1.807) is 26.0 Å². The first-order valence-corrected chi connectivity index (χ1v) is 13.2. The maximum atomic E-state index is 12.8. The van der Waals surface area contributed by atoms with Crippen molar-refractivity contribution >= 4 is 27.6 Å². The van der Waals surface area contributed by atoms with Gasteiger partial charge in [-0.15, -0.1) is 0 Å². The third-order valence-electron chi connectivity index (χ3n) is 6.17. The van der Waals surface area contributed by atoms with Crippen LogP contribution >= 0.6 is 0 Å². The van der Waals surface area contributed by atoms with Gasteiger partial charge in [-0.1, -0.05) is 17.3 Å². The SMILES string of the molecule is Cc1noc(C)c1S(=O)(=O)Nc1ccc(C2(C(=O)NCCN3CCOCC3)CC2)cc1.O=C(O)C(F)(F)F. The van der Waals surface area contributed by atoms with Gasteiger partial charge < -0.3 is 19.7 Å². The van der Waals surface area contributed by atoms with E-state index in [4.69, 9.17) is 19.2 Å². The van der Waals surface area contributed by atoms with Gasteiger partial charge in [0.2, 0.25) is 5.91 Å². The average molecular weight is 563 g/mol. The Morgan fingerprint density at radius 2 is 1.71 bits per heavy atom. The molecule has 1 amide bonds. The Labute approximate surface area is 217 Å². The predicted octanol–water partition coefficient (Wildman–Crippen LogP) is 2.21. The maximum Gasteiger partial charge on any atom is 0.490 e.